The Labute approximate surface area is 173 Å². The van der Waals surface area contributed by atoms with E-state index in [0.717, 1.165) is 18.4 Å². The Morgan fingerprint density at radius 3 is 2.70 bits per heavy atom. The molecule has 4 rings (SSSR count). The number of carbonyl (C=O) groups excluding carboxylic acids is 1. The highest BCUT2D eigenvalue weighted by Crippen LogP contribution is 2.36. The second kappa shape index (κ2) is 8.48. The lowest BCUT2D eigenvalue weighted by Gasteiger charge is -2.10. The van der Waals surface area contributed by atoms with E-state index in [0.29, 0.717) is 36.0 Å². The van der Waals surface area contributed by atoms with E-state index in [1.165, 1.54) is 10.9 Å². The third kappa shape index (κ3) is 4.10. The highest BCUT2D eigenvalue weighted by Gasteiger charge is 2.31. The summed E-state index contributed by atoms with van der Waals surface area (Å²) in [5.41, 5.74) is 0.710. The second-order valence-electron chi connectivity index (χ2n) is 7.13. The van der Waals surface area contributed by atoms with Gasteiger partial charge in [-0.15, -0.1) is 5.10 Å². The predicted molar refractivity (Wildman–Crippen MR) is 109 cm³/mol. The predicted octanol–water partition coefficient (Wildman–Crippen LogP) is 2.02. The first-order valence-corrected chi connectivity index (χ1v) is 9.81. The van der Waals surface area contributed by atoms with Crippen LogP contribution >= 0.6 is 0 Å². The fourth-order valence-corrected chi connectivity index (χ4v) is 3.33. The fraction of sp³-hybridized carbons (Fsp3) is 0.381. The topological polar surface area (TPSA) is 101 Å². The first-order chi connectivity index (χ1) is 14.6. The van der Waals surface area contributed by atoms with Gasteiger partial charge in [0.05, 0.1) is 20.5 Å². The highest BCUT2D eigenvalue weighted by molar-refractivity contribution is 5.75. The van der Waals surface area contributed by atoms with Gasteiger partial charge in [0, 0.05) is 12.6 Å². The van der Waals surface area contributed by atoms with E-state index in [2.05, 4.69) is 10.4 Å². The molecule has 158 valence electrons. The van der Waals surface area contributed by atoms with Crippen molar-refractivity contribution in [1.82, 2.24) is 19.7 Å². The highest BCUT2D eigenvalue weighted by atomic mass is 16.5. The van der Waals surface area contributed by atoms with Crippen molar-refractivity contribution >= 4 is 5.91 Å². The molecule has 1 aliphatic rings. The lowest BCUT2D eigenvalue weighted by molar-refractivity contribution is -0.121. The van der Waals surface area contributed by atoms with Crippen molar-refractivity contribution in [2.45, 2.75) is 31.8 Å². The van der Waals surface area contributed by atoms with Gasteiger partial charge in [0.25, 0.3) is 0 Å². The van der Waals surface area contributed by atoms with Gasteiger partial charge in [0.15, 0.2) is 17.3 Å². The minimum absolute atomic E-state index is 0.125. The zero-order valence-corrected chi connectivity index (χ0v) is 17.0. The van der Waals surface area contributed by atoms with E-state index >= 15 is 0 Å². The van der Waals surface area contributed by atoms with Crippen LogP contribution in [0.15, 0.2) is 45.8 Å². The largest absolute Gasteiger partial charge is 0.493 e. The summed E-state index contributed by atoms with van der Waals surface area (Å²) in [6.45, 7) is 0.287. The molecule has 2 heterocycles. The molecule has 0 saturated heterocycles. The van der Waals surface area contributed by atoms with Crippen LogP contribution in [0.4, 0.5) is 0 Å². The summed E-state index contributed by atoms with van der Waals surface area (Å²) in [5, 5.41) is 7.18. The molecule has 0 atom stereocenters. The number of hydrogen-bond donors (Lipinski definition) is 1. The molecule has 9 nitrogen and oxygen atoms in total. The van der Waals surface area contributed by atoms with Gasteiger partial charge in [0.1, 0.15) is 6.54 Å². The van der Waals surface area contributed by atoms with Crippen molar-refractivity contribution < 1.29 is 18.7 Å². The van der Waals surface area contributed by atoms with E-state index in [4.69, 9.17) is 13.9 Å². The summed E-state index contributed by atoms with van der Waals surface area (Å²) in [6.07, 6.45) is 4.01. The Morgan fingerprint density at radius 1 is 1.23 bits per heavy atom. The van der Waals surface area contributed by atoms with Crippen LogP contribution in [0.2, 0.25) is 0 Å². The van der Waals surface area contributed by atoms with E-state index < -0.39 is 0 Å². The lowest BCUT2D eigenvalue weighted by atomic mass is 10.1. The van der Waals surface area contributed by atoms with Crippen molar-refractivity contribution in [3.05, 3.63) is 52.6 Å². The molecule has 0 aliphatic heterocycles. The number of aromatic nitrogens is 3. The number of ether oxygens (including phenoxy) is 2. The standard InChI is InChI=1S/C21H24N4O5/c1-28-16-8-5-14(12-18(16)29-2)9-10-22-19(26)13-24-21(27)25(15-6-7-15)20(23-24)17-4-3-11-30-17/h3-5,8,11-12,15H,6-7,9-10,13H2,1-2H3,(H,22,26). The van der Waals surface area contributed by atoms with Crippen LogP contribution in [0, 0.1) is 0 Å². The smallest absolute Gasteiger partial charge is 0.347 e. The summed E-state index contributed by atoms with van der Waals surface area (Å²) < 4.78 is 18.7. The summed E-state index contributed by atoms with van der Waals surface area (Å²) >= 11 is 0. The summed E-state index contributed by atoms with van der Waals surface area (Å²) in [4.78, 5) is 25.1. The van der Waals surface area contributed by atoms with Crippen LogP contribution in [0.3, 0.4) is 0 Å². The van der Waals surface area contributed by atoms with Gasteiger partial charge in [-0.1, -0.05) is 6.07 Å². The van der Waals surface area contributed by atoms with Crippen molar-refractivity contribution in [2.75, 3.05) is 20.8 Å². The van der Waals surface area contributed by atoms with Gasteiger partial charge in [-0.25, -0.2) is 9.48 Å². The molecule has 1 N–H and O–H groups in total. The van der Waals surface area contributed by atoms with Crippen LogP contribution in [0.25, 0.3) is 11.6 Å². The van der Waals surface area contributed by atoms with Gasteiger partial charge < -0.3 is 19.2 Å². The van der Waals surface area contributed by atoms with E-state index in [9.17, 15) is 9.59 Å². The second-order valence-corrected chi connectivity index (χ2v) is 7.13. The van der Waals surface area contributed by atoms with Crippen LogP contribution in [0.5, 0.6) is 11.5 Å². The third-order valence-electron chi connectivity index (χ3n) is 5.00. The maximum atomic E-state index is 12.7. The summed E-state index contributed by atoms with van der Waals surface area (Å²) in [6, 6.07) is 9.26. The first-order valence-electron chi connectivity index (χ1n) is 9.81. The Balaban J connectivity index is 1.39. The molecule has 1 aromatic carbocycles. The number of carbonyl (C=O) groups is 1. The molecule has 1 saturated carbocycles. The van der Waals surface area contributed by atoms with Crippen LogP contribution in [-0.2, 0) is 17.8 Å². The summed E-state index contributed by atoms with van der Waals surface area (Å²) in [7, 11) is 3.17. The molecule has 0 radical (unpaired) electrons. The minimum Gasteiger partial charge on any atom is -0.493 e. The molecule has 3 aromatic rings. The Bertz CT molecular complexity index is 1080. The van der Waals surface area contributed by atoms with E-state index in [-0.39, 0.29) is 24.2 Å². The van der Waals surface area contributed by atoms with Crippen LogP contribution < -0.4 is 20.5 Å². The molecule has 2 aromatic heterocycles. The van der Waals surface area contributed by atoms with Gasteiger partial charge in [-0.2, -0.15) is 0 Å². The Morgan fingerprint density at radius 2 is 2.03 bits per heavy atom. The molecule has 0 spiro atoms. The van der Waals surface area contributed by atoms with Gasteiger partial charge in [-0.05, 0) is 49.1 Å². The number of nitrogens with one attached hydrogen (secondary N) is 1. The number of benzene rings is 1. The van der Waals surface area contributed by atoms with Crippen molar-refractivity contribution in [3.8, 4) is 23.1 Å². The fourth-order valence-electron chi connectivity index (χ4n) is 3.33. The molecule has 9 heteroatoms. The molecule has 30 heavy (non-hydrogen) atoms. The van der Waals surface area contributed by atoms with Crippen molar-refractivity contribution in [2.24, 2.45) is 0 Å². The van der Waals surface area contributed by atoms with Gasteiger partial charge >= 0.3 is 5.69 Å². The number of nitrogens with zero attached hydrogens (tertiary/aromatic N) is 3. The molecule has 1 aliphatic carbocycles. The lowest BCUT2D eigenvalue weighted by Crippen LogP contribution is -2.34. The molecule has 0 bridgehead atoms. The zero-order valence-electron chi connectivity index (χ0n) is 17.0. The molecular weight excluding hydrogens is 388 g/mol. The molecule has 1 amide bonds. The number of furan rings is 1. The number of hydrogen-bond acceptors (Lipinski definition) is 6. The van der Waals surface area contributed by atoms with Crippen molar-refractivity contribution in [3.63, 3.8) is 0 Å². The number of rotatable bonds is 9. The van der Waals surface area contributed by atoms with Crippen molar-refractivity contribution in [1.29, 1.82) is 0 Å². The maximum absolute atomic E-state index is 12.7. The Hall–Kier alpha value is -3.49. The molecule has 1 fully saturated rings. The average molecular weight is 412 g/mol. The quantitative estimate of drug-likeness (QED) is 0.577. The summed E-state index contributed by atoms with van der Waals surface area (Å²) in [5.74, 6) is 2.01. The number of amides is 1. The third-order valence-corrected chi connectivity index (χ3v) is 5.00. The molecule has 0 unspecified atom stereocenters. The first kappa shape index (κ1) is 19.8. The van der Waals surface area contributed by atoms with E-state index in [1.54, 1.807) is 30.9 Å². The van der Waals surface area contributed by atoms with Gasteiger partial charge in [-0.3, -0.25) is 9.36 Å². The monoisotopic (exact) mass is 412 g/mol. The average Bonchev–Trinajstić information content (AvgIpc) is 3.33. The zero-order chi connectivity index (χ0) is 21.1. The SMILES string of the molecule is COc1ccc(CCNC(=O)Cn2nc(-c3ccco3)n(C3CC3)c2=O)cc1OC. The Kier molecular flexibility index (Phi) is 5.60. The molecular formula is C21H24N4O5. The van der Waals surface area contributed by atoms with Crippen LogP contribution in [0.1, 0.15) is 24.4 Å². The van der Waals surface area contributed by atoms with Crippen LogP contribution in [-0.4, -0.2) is 41.0 Å². The maximum Gasteiger partial charge on any atom is 0.347 e. The normalized spacial score (nSPS) is 13.3. The number of methoxy groups -OCH3 is 2. The van der Waals surface area contributed by atoms with E-state index in [1.807, 2.05) is 18.2 Å². The van der Waals surface area contributed by atoms with Gasteiger partial charge in [0.2, 0.25) is 11.7 Å². The minimum atomic E-state index is -0.293.